The summed E-state index contributed by atoms with van der Waals surface area (Å²) in [5.41, 5.74) is 2.62. The topological polar surface area (TPSA) is 37.2 Å². The van der Waals surface area contributed by atoms with Crippen LogP contribution in [0.3, 0.4) is 0 Å². The molecule has 1 unspecified atom stereocenters. The van der Waals surface area contributed by atoms with Crippen molar-refractivity contribution in [3.05, 3.63) is 59.5 Å². The molecule has 1 aromatic heterocycles. The van der Waals surface area contributed by atoms with Crippen molar-refractivity contribution in [1.82, 2.24) is 10.6 Å². The Labute approximate surface area is 138 Å². The molecule has 0 radical (unpaired) electrons. The van der Waals surface area contributed by atoms with Crippen LogP contribution in [0, 0.1) is 0 Å². The summed E-state index contributed by atoms with van der Waals surface area (Å²) >= 11 is 5.37. The van der Waals surface area contributed by atoms with Crippen LogP contribution < -0.4 is 10.6 Å². The number of benzene rings is 1. The zero-order valence-corrected chi connectivity index (χ0v) is 14.2. The number of hydrogen-bond acceptors (Lipinski definition) is 2. The lowest BCUT2D eigenvalue weighted by Crippen LogP contribution is -2.37. The molecule has 4 heteroatoms. The van der Waals surface area contributed by atoms with Gasteiger partial charge in [-0.05, 0) is 47.8 Å². The number of hydrogen-bond donors (Lipinski definition) is 2. The molecule has 0 saturated carbocycles. The van der Waals surface area contributed by atoms with Gasteiger partial charge in [-0.2, -0.15) is 0 Å². The molecule has 1 heterocycles. The van der Waals surface area contributed by atoms with Gasteiger partial charge >= 0.3 is 0 Å². The van der Waals surface area contributed by atoms with Gasteiger partial charge in [-0.3, -0.25) is 0 Å². The lowest BCUT2D eigenvalue weighted by Gasteiger charge is -2.20. The second kappa shape index (κ2) is 7.99. The van der Waals surface area contributed by atoms with Gasteiger partial charge < -0.3 is 15.1 Å². The highest BCUT2D eigenvalue weighted by molar-refractivity contribution is 7.80. The Kier molecular flexibility index (Phi) is 6.01. The van der Waals surface area contributed by atoms with Crippen LogP contribution in [0.2, 0.25) is 0 Å². The summed E-state index contributed by atoms with van der Waals surface area (Å²) in [6.45, 7) is 7.17. The van der Waals surface area contributed by atoms with Crippen LogP contribution in [-0.2, 0) is 6.54 Å². The standard InChI is InChI=1S/C18H24N2OS/c1-4-17(15-9-7-14(8-10-15)13(2)3)20-18(22)19-12-16-6-5-11-21-16/h5-11,13,17H,4,12H2,1-3H3,(H2,19,20,22). The van der Waals surface area contributed by atoms with Crippen LogP contribution in [0.5, 0.6) is 0 Å². The van der Waals surface area contributed by atoms with Gasteiger partial charge in [0.1, 0.15) is 5.76 Å². The van der Waals surface area contributed by atoms with E-state index in [-0.39, 0.29) is 6.04 Å². The fourth-order valence-corrected chi connectivity index (χ4v) is 2.54. The quantitative estimate of drug-likeness (QED) is 0.768. The van der Waals surface area contributed by atoms with Crippen LogP contribution in [0.25, 0.3) is 0 Å². The normalized spacial score (nSPS) is 12.2. The van der Waals surface area contributed by atoms with Crippen molar-refractivity contribution >= 4 is 17.3 Å². The second-order valence-corrected chi connectivity index (χ2v) is 6.10. The Bertz CT molecular complexity index is 576. The average Bonchev–Trinajstić information content (AvgIpc) is 3.04. The van der Waals surface area contributed by atoms with E-state index < -0.39 is 0 Å². The van der Waals surface area contributed by atoms with Crippen molar-refractivity contribution in [2.24, 2.45) is 0 Å². The summed E-state index contributed by atoms with van der Waals surface area (Å²) in [4.78, 5) is 0. The predicted molar refractivity (Wildman–Crippen MR) is 94.8 cm³/mol. The summed E-state index contributed by atoms with van der Waals surface area (Å²) in [6.07, 6.45) is 2.64. The first-order valence-electron chi connectivity index (χ1n) is 7.76. The predicted octanol–water partition coefficient (Wildman–Crippen LogP) is 4.52. The first-order valence-corrected chi connectivity index (χ1v) is 8.17. The van der Waals surface area contributed by atoms with E-state index in [4.69, 9.17) is 16.6 Å². The first kappa shape index (κ1) is 16.6. The monoisotopic (exact) mass is 316 g/mol. The van der Waals surface area contributed by atoms with Gasteiger partial charge in [0.05, 0.1) is 18.8 Å². The molecule has 0 aliphatic heterocycles. The molecule has 2 aromatic rings. The largest absolute Gasteiger partial charge is 0.467 e. The van der Waals surface area contributed by atoms with E-state index >= 15 is 0 Å². The van der Waals surface area contributed by atoms with Gasteiger partial charge in [0.15, 0.2) is 5.11 Å². The van der Waals surface area contributed by atoms with Gasteiger partial charge in [-0.1, -0.05) is 45.0 Å². The Hall–Kier alpha value is -1.81. The third kappa shape index (κ3) is 4.60. The zero-order chi connectivity index (χ0) is 15.9. The third-order valence-corrected chi connectivity index (χ3v) is 3.98. The molecular weight excluding hydrogens is 292 g/mol. The molecule has 22 heavy (non-hydrogen) atoms. The average molecular weight is 316 g/mol. The molecular formula is C18H24N2OS. The van der Waals surface area contributed by atoms with Gasteiger partial charge in [0.25, 0.3) is 0 Å². The van der Waals surface area contributed by atoms with E-state index in [1.54, 1.807) is 6.26 Å². The third-order valence-electron chi connectivity index (χ3n) is 3.72. The number of furan rings is 1. The van der Waals surface area contributed by atoms with Crippen LogP contribution in [0.1, 0.15) is 56.0 Å². The highest BCUT2D eigenvalue weighted by Crippen LogP contribution is 2.20. The Morgan fingerprint density at radius 3 is 2.36 bits per heavy atom. The summed E-state index contributed by atoms with van der Waals surface area (Å²) < 4.78 is 5.29. The lowest BCUT2D eigenvalue weighted by molar-refractivity contribution is 0.500. The van der Waals surface area contributed by atoms with Crippen molar-refractivity contribution in [2.75, 3.05) is 0 Å². The van der Waals surface area contributed by atoms with Crippen molar-refractivity contribution in [3.63, 3.8) is 0 Å². The zero-order valence-electron chi connectivity index (χ0n) is 13.4. The highest BCUT2D eigenvalue weighted by atomic mass is 32.1. The first-order chi connectivity index (χ1) is 10.6. The molecule has 0 spiro atoms. The molecule has 2 N–H and O–H groups in total. The minimum absolute atomic E-state index is 0.220. The van der Waals surface area contributed by atoms with Gasteiger partial charge in [-0.15, -0.1) is 0 Å². The Balaban J connectivity index is 1.91. The van der Waals surface area contributed by atoms with Crippen LogP contribution in [0.15, 0.2) is 47.1 Å². The Morgan fingerprint density at radius 1 is 1.14 bits per heavy atom. The molecule has 0 fully saturated rings. The molecule has 118 valence electrons. The molecule has 3 nitrogen and oxygen atoms in total. The summed E-state index contributed by atoms with van der Waals surface area (Å²) in [5, 5.41) is 7.20. The van der Waals surface area contributed by atoms with Gasteiger partial charge in [0, 0.05) is 0 Å². The van der Waals surface area contributed by atoms with E-state index in [0.29, 0.717) is 17.6 Å². The lowest BCUT2D eigenvalue weighted by atomic mass is 9.98. The minimum atomic E-state index is 0.220. The van der Waals surface area contributed by atoms with Crippen molar-refractivity contribution in [1.29, 1.82) is 0 Å². The van der Waals surface area contributed by atoms with Crippen molar-refractivity contribution in [2.45, 2.75) is 45.7 Å². The Morgan fingerprint density at radius 2 is 1.82 bits per heavy atom. The molecule has 0 saturated heterocycles. The fraction of sp³-hybridized carbons (Fsp3) is 0.389. The van der Waals surface area contributed by atoms with E-state index in [9.17, 15) is 0 Å². The molecule has 0 aliphatic rings. The van der Waals surface area contributed by atoms with Crippen LogP contribution >= 0.6 is 12.2 Å². The summed E-state index contributed by atoms with van der Waals surface area (Å²) in [7, 11) is 0. The van der Waals surface area contributed by atoms with E-state index in [1.165, 1.54) is 11.1 Å². The second-order valence-electron chi connectivity index (χ2n) is 5.69. The smallest absolute Gasteiger partial charge is 0.167 e. The molecule has 0 bridgehead atoms. The van der Waals surface area contributed by atoms with E-state index in [0.717, 1.165) is 12.2 Å². The van der Waals surface area contributed by atoms with Crippen LogP contribution in [0.4, 0.5) is 0 Å². The molecule has 2 rings (SSSR count). The number of rotatable bonds is 6. The SMILES string of the molecule is CCC(NC(=S)NCc1ccco1)c1ccc(C(C)C)cc1. The molecule has 0 aliphatic carbocycles. The van der Waals surface area contributed by atoms with Crippen LogP contribution in [-0.4, -0.2) is 5.11 Å². The summed E-state index contributed by atoms with van der Waals surface area (Å²) in [5.74, 6) is 1.43. The molecule has 0 amide bonds. The maximum absolute atomic E-state index is 5.37. The highest BCUT2D eigenvalue weighted by Gasteiger charge is 2.11. The number of nitrogens with one attached hydrogen (secondary N) is 2. The summed E-state index contributed by atoms with van der Waals surface area (Å²) in [6, 6.07) is 12.8. The number of thiocarbonyl (C=S) groups is 1. The minimum Gasteiger partial charge on any atom is -0.467 e. The maximum Gasteiger partial charge on any atom is 0.167 e. The molecule has 1 aromatic carbocycles. The fourth-order valence-electron chi connectivity index (χ4n) is 2.32. The van der Waals surface area contributed by atoms with Crippen molar-refractivity contribution < 1.29 is 4.42 Å². The van der Waals surface area contributed by atoms with Crippen molar-refractivity contribution in [3.8, 4) is 0 Å². The molecule has 1 atom stereocenters. The van der Waals surface area contributed by atoms with E-state index in [2.05, 4.69) is 55.7 Å². The maximum atomic E-state index is 5.37. The van der Waals surface area contributed by atoms with E-state index in [1.807, 2.05) is 12.1 Å². The van der Waals surface area contributed by atoms with Gasteiger partial charge in [-0.25, -0.2) is 0 Å². The van der Waals surface area contributed by atoms with Gasteiger partial charge in [0.2, 0.25) is 0 Å².